The molecule has 2 aromatic rings. The number of halogens is 1. The monoisotopic (exact) mass is 168 g/mol. The third-order valence-electron chi connectivity index (χ3n) is 1.34. The zero-order chi connectivity index (χ0) is 7.84. The average Bonchev–Trinajstić information content (AvgIpc) is 2.27. The van der Waals surface area contributed by atoms with Gasteiger partial charge in [0.05, 0.1) is 0 Å². The molecule has 0 radical (unpaired) electrons. The Morgan fingerprint density at radius 3 is 3.18 bits per heavy atom. The fraction of sp³-hybridized carbons (Fsp3) is 0. The molecule has 56 valence electrons. The van der Waals surface area contributed by atoms with Crippen molar-refractivity contribution in [2.24, 2.45) is 0 Å². The molecule has 2 heterocycles. The summed E-state index contributed by atoms with van der Waals surface area (Å²) in [6.45, 7) is 0. The summed E-state index contributed by atoms with van der Waals surface area (Å²) < 4.78 is 1.57. The van der Waals surface area contributed by atoms with Gasteiger partial charge in [0.25, 0.3) is 0 Å². The molecule has 0 saturated heterocycles. The SMILES string of the molecule is Nc1ccn2nc(Cl)nc2c1. The minimum Gasteiger partial charge on any atom is -0.399 e. The summed E-state index contributed by atoms with van der Waals surface area (Å²) in [4.78, 5) is 3.91. The van der Waals surface area contributed by atoms with E-state index in [-0.39, 0.29) is 5.28 Å². The van der Waals surface area contributed by atoms with Gasteiger partial charge in [0.15, 0.2) is 5.65 Å². The minimum atomic E-state index is 0.232. The van der Waals surface area contributed by atoms with Gasteiger partial charge in [-0.2, -0.15) is 4.98 Å². The zero-order valence-electron chi connectivity index (χ0n) is 5.53. The normalized spacial score (nSPS) is 10.6. The van der Waals surface area contributed by atoms with Gasteiger partial charge >= 0.3 is 0 Å². The molecule has 5 heteroatoms. The first-order chi connectivity index (χ1) is 5.25. The molecule has 0 bridgehead atoms. The summed E-state index contributed by atoms with van der Waals surface area (Å²) in [5, 5.41) is 4.10. The predicted octanol–water partition coefficient (Wildman–Crippen LogP) is 0.965. The lowest BCUT2D eigenvalue weighted by molar-refractivity contribution is 0.962. The van der Waals surface area contributed by atoms with Crippen LogP contribution in [0.3, 0.4) is 0 Å². The number of pyridine rings is 1. The zero-order valence-corrected chi connectivity index (χ0v) is 6.28. The van der Waals surface area contributed by atoms with Crippen molar-refractivity contribution in [1.29, 1.82) is 0 Å². The molecule has 0 atom stereocenters. The van der Waals surface area contributed by atoms with E-state index in [2.05, 4.69) is 10.1 Å². The third-order valence-corrected chi connectivity index (χ3v) is 1.50. The number of nitrogen functional groups attached to an aromatic ring is 1. The number of hydrogen-bond acceptors (Lipinski definition) is 3. The molecule has 0 aliphatic rings. The van der Waals surface area contributed by atoms with Crippen molar-refractivity contribution in [3.8, 4) is 0 Å². The standard InChI is InChI=1S/C6H5ClN4/c7-6-9-5-3-4(8)1-2-11(5)10-6/h1-3H,8H2. The molecular formula is C6H5ClN4. The van der Waals surface area contributed by atoms with Crippen LogP contribution in [0.25, 0.3) is 5.65 Å². The van der Waals surface area contributed by atoms with Crippen LogP contribution in [-0.2, 0) is 0 Å². The number of fused-ring (bicyclic) bond motifs is 1. The first-order valence-corrected chi connectivity index (χ1v) is 3.41. The van der Waals surface area contributed by atoms with Crippen LogP contribution in [0.1, 0.15) is 0 Å². The molecule has 0 fully saturated rings. The molecule has 0 spiro atoms. The maximum absolute atomic E-state index is 5.55. The van der Waals surface area contributed by atoms with E-state index in [1.165, 1.54) is 0 Å². The van der Waals surface area contributed by atoms with Crippen molar-refractivity contribution in [1.82, 2.24) is 14.6 Å². The minimum absolute atomic E-state index is 0.232. The molecular weight excluding hydrogens is 164 g/mol. The van der Waals surface area contributed by atoms with E-state index in [1.54, 1.807) is 22.8 Å². The summed E-state index contributed by atoms with van der Waals surface area (Å²) in [6.07, 6.45) is 1.71. The van der Waals surface area contributed by atoms with E-state index < -0.39 is 0 Å². The topological polar surface area (TPSA) is 56.2 Å². The molecule has 11 heavy (non-hydrogen) atoms. The van der Waals surface area contributed by atoms with E-state index in [9.17, 15) is 0 Å². The Kier molecular flexibility index (Phi) is 1.22. The smallest absolute Gasteiger partial charge is 0.243 e. The van der Waals surface area contributed by atoms with E-state index >= 15 is 0 Å². The molecule has 4 nitrogen and oxygen atoms in total. The number of hydrogen-bond donors (Lipinski definition) is 1. The summed E-state index contributed by atoms with van der Waals surface area (Å²) in [7, 11) is 0. The summed E-state index contributed by atoms with van der Waals surface area (Å²) in [5.74, 6) is 0. The second-order valence-electron chi connectivity index (χ2n) is 2.14. The Bertz CT molecular complexity index is 394. The van der Waals surface area contributed by atoms with Crippen molar-refractivity contribution in [2.75, 3.05) is 5.73 Å². The van der Waals surface area contributed by atoms with Gasteiger partial charge in [-0.1, -0.05) is 0 Å². The van der Waals surface area contributed by atoms with Crippen LogP contribution in [-0.4, -0.2) is 14.6 Å². The second kappa shape index (κ2) is 2.10. The molecule has 2 rings (SSSR count). The largest absolute Gasteiger partial charge is 0.399 e. The highest BCUT2D eigenvalue weighted by atomic mass is 35.5. The molecule has 0 aromatic carbocycles. The summed E-state index contributed by atoms with van der Waals surface area (Å²) >= 11 is 5.55. The number of nitrogens with two attached hydrogens (primary N) is 1. The van der Waals surface area contributed by atoms with Crippen LogP contribution in [0.15, 0.2) is 18.3 Å². The van der Waals surface area contributed by atoms with Crippen molar-refractivity contribution in [2.45, 2.75) is 0 Å². The lowest BCUT2D eigenvalue weighted by Gasteiger charge is -1.91. The van der Waals surface area contributed by atoms with Crippen LogP contribution >= 0.6 is 11.6 Å². The Morgan fingerprint density at radius 2 is 2.36 bits per heavy atom. The lowest BCUT2D eigenvalue weighted by atomic mass is 10.4. The van der Waals surface area contributed by atoms with Gasteiger partial charge in [-0.05, 0) is 17.7 Å². The molecule has 2 N–H and O–H groups in total. The van der Waals surface area contributed by atoms with E-state index in [0.717, 1.165) is 0 Å². The van der Waals surface area contributed by atoms with Gasteiger partial charge in [0.2, 0.25) is 5.28 Å². The first kappa shape index (κ1) is 6.42. The molecule has 0 aliphatic heterocycles. The summed E-state index contributed by atoms with van der Waals surface area (Å²) in [5.41, 5.74) is 6.83. The van der Waals surface area contributed by atoms with Crippen molar-refractivity contribution >= 4 is 22.9 Å². The number of nitrogens with zero attached hydrogens (tertiary/aromatic N) is 3. The maximum Gasteiger partial charge on any atom is 0.243 e. The predicted molar refractivity (Wildman–Crippen MR) is 42.4 cm³/mol. The Labute approximate surface area is 67.6 Å². The Hall–Kier alpha value is -1.29. The maximum atomic E-state index is 5.55. The first-order valence-electron chi connectivity index (χ1n) is 3.03. The number of rotatable bonds is 0. The second-order valence-corrected chi connectivity index (χ2v) is 2.48. The van der Waals surface area contributed by atoms with Crippen LogP contribution in [0.5, 0.6) is 0 Å². The molecule has 0 saturated carbocycles. The number of anilines is 1. The van der Waals surface area contributed by atoms with Gasteiger partial charge in [-0.25, -0.2) is 4.52 Å². The van der Waals surface area contributed by atoms with Crippen LogP contribution < -0.4 is 5.73 Å². The quantitative estimate of drug-likeness (QED) is 0.638. The van der Waals surface area contributed by atoms with Crippen LogP contribution in [0, 0.1) is 0 Å². The van der Waals surface area contributed by atoms with Gasteiger partial charge < -0.3 is 5.73 Å². The summed E-state index contributed by atoms with van der Waals surface area (Å²) in [6, 6.07) is 3.44. The van der Waals surface area contributed by atoms with E-state index in [1.807, 2.05) is 0 Å². The lowest BCUT2D eigenvalue weighted by Crippen LogP contribution is -1.89. The van der Waals surface area contributed by atoms with E-state index in [0.29, 0.717) is 11.3 Å². The van der Waals surface area contributed by atoms with Crippen LogP contribution in [0.4, 0.5) is 5.69 Å². The number of aromatic nitrogens is 3. The van der Waals surface area contributed by atoms with Gasteiger partial charge in [0.1, 0.15) is 0 Å². The molecule has 0 unspecified atom stereocenters. The highest BCUT2D eigenvalue weighted by molar-refractivity contribution is 6.28. The van der Waals surface area contributed by atoms with Crippen molar-refractivity contribution < 1.29 is 0 Å². The van der Waals surface area contributed by atoms with Crippen molar-refractivity contribution in [3.05, 3.63) is 23.6 Å². The fourth-order valence-electron chi connectivity index (χ4n) is 0.870. The van der Waals surface area contributed by atoms with Crippen LogP contribution in [0.2, 0.25) is 5.28 Å². The molecule has 0 amide bonds. The van der Waals surface area contributed by atoms with Gasteiger partial charge in [0, 0.05) is 18.0 Å². The Morgan fingerprint density at radius 1 is 1.55 bits per heavy atom. The van der Waals surface area contributed by atoms with Gasteiger partial charge in [-0.15, -0.1) is 5.10 Å². The van der Waals surface area contributed by atoms with E-state index in [4.69, 9.17) is 17.3 Å². The van der Waals surface area contributed by atoms with Gasteiger partial charge in [-0.3, -0.25) is 0 Å². The highest BCUT2D eigenvalue weighted by Crippen LogP contribution is 2.08. The molecule has 0 aliphatic carbocycles. The third kappa shape index (κ3) is 1.01. The Balaban J connectivity index is 2.82. The fourth-order valence-corrected chi connectivity index (χ4v) is 1.04. The van der Waals surface area contributed by atoms with Crippen molar-refractivity contribution in [3.63, 3.8) is 0 Å². The highest BCUT2D eigenvalue weighted by Gasteiger charge is 1.98. The molecule has 2 aromatic heterocycles. The average molecular weight is 169 g/mol.